The normalized spacial score (nSPS) is 41.8. The minimum Gasteiger partial charge on any atom is -0.480 e. The van der Waals surface area contributed by atoms with Crippen LogP contribution < -0.4 is 5.32 Å². The number of hydrogen-bond donors (Lipinski definition) is 2. The summed E-state index contributed by atoms with van der Waals surface area (Å²) in [7, 11) is 0. The molecule has 1 saturated carbocycles. The molecule has 0 amide bonds. The molecule has 4 heteroatoms. The third kappa shape index (κ3) is 1.11. The molecule has 0 bridgehead atoms. The fourth-order valence-electron chi connectivity index (χ4n) is 1.51. The Morgan fingerprint density at radius 3 is 2.50 bits per heavy atom. The van der Waals surface area contributed by atoms with Crippen LogP contribution in [0.15, 0.2) is 0 Å². The predicted molar refractivity (Wildman–Crippen MR) is 38.3 cm³/mol. The van der Waals surface area contributed by atoms with Gasteiger partial charge < -0.3 is 10.4 Å². The largest absolute Gasteiger partial charge is 0.480 e. The maximum Gasteiger partial charge on any atom is 0.320 e. The SMILES string of the molecule is Cl.O=C(O)[C@@H]1C[C@H]2C[C@H]2N1. The average molecular weight is 164 g/mol. The average Bonchev–Trinajstić information content (AvgIpc) is 2.40. The maximum atomic E-state index is 10.3. The Hall–Kier alpha value is -0.280. The molecule has 0 spiro atoms. The van der Waals surface area contributed by atoms with Gasteiger partial charge in [-0.25, -0.2) is 0 Å². The zero-order valence-electron chi connectivity index (χ0n) is 5.41. The summed E-state index contributed by atoms with van der Waals surface area (Å²) in [6, 6.07) is 0.305. The summed E-state index contributed by atoms with van der Waals surface area (Å²) in [5.41, 5.74) is 0. The number of nitrogens with one attached hydrogen (secondary N) is 1. The van der Waals surface area contributed by atoms with Gasteiger partial charge in [-0.05, 0) is 18.8 Å². The number of fused-ring (bicyclic) bond motifs is 1. The topological polar surface area (TPSA) is 49.3 Å². The van der Waals surface area contributed by atoms with Crippen LogP contribution in [0.1, 0.15) is 12.8 Å². The zero-order chi connectivity index (χ0) is 6.43. The molecule has 3 nitrogen and oxygen atoms in total. The minimum atomic E-state index is -0.692. The van der Waals surface area contributed by atoms with Gasteiger partial charge in [0.05, 0.1) is 0 Å². The number of aliphatic carboxylic acids is 1. The fraction of sp³-hybridized carbons (Fsp3) is 0.833. The van der Waals surface area contributed by atoms with Crippen molar-refractivity contribution in [3.05, 3.63) is 0 Å². The zero-order valence-corrected chi connectivity index (χ0v) is 6.23. The van der Waals surface area contributed by atoms with Crippen LogP contribution in [0, 0.1) is 5.92 Å². The highest BCUT2D eigenvalue weighted by Crippen LogP contribution is 2.40. The summed E-state index contributed by atoms with van der Waals surface area (Å²) in [5.74, 6) is -0.00620. The van der Waals surface area contributed by atoms with E-state index in [4.69, 9.17) is 5.11 Å². The summed E-state index contributed by atoms with van der Waals surface area (Å²) in [4.78, 5) is 10.3. The van der Waals surface area contributed by atoms with Crippen LogP contribution in [0.2, 0.25) is 0 Å². The van der Waals surface area contributed by atoms with Crippen molar-refractivity contribution in [3.63, 3.8) is 0 Å². The molecule has 58 valence electrons. The predicted octanol–water partition coefficient (Wildman–Crippen LogP) is 0.243. The van der Waals surface area contributed by atoms with E-state index in [2.05, 4.69) is 5.32 Å². The quantitative estimate of drug-likeness (QED) is 0.583. The lowest BCUT2D eigenvalue weighted by Gasteiger charge is -2.04. The van der Waals surface area contributed by atoms with Crippen molar-refractivity contribution in [1.29, 1.82) is 0 Å². The molecule has 1 aliphatic carbocycles. The van der Waals surface area contributed by atoms with Crippen LogP contribution in [0.5, 0.6) is 0 Å². The first-order chi connectivity index (χ1) is 4.27. The first-order valence-corrected chi connectivity index (χ1v) is 3.26. The smallest absolute Gasteiger partial charge is 0.320 e. The molecule has 1 heterocycles. The van der Waals surface area contributed by atoms with Crippen molar-refractivity contribution < 1.29 is 9.90 Å². The lowest BCUT2D eigenvalue weighted by molar-refractivity contribution is -0.139. The number of hydrogen-bond acceptors (Lipinski definition) is 2. The van der Waals surface area contributed by atoms with E-state index in [0.717, 1.165) is 6.42 Å². The van der Waals surface area contributed by atoms with Crippen molar-refractivity contribution in [2.75, 3.05) is 0 Å². The molecule has 2 rings (SSSR count). The number of rotatable bonds is 1. The van der Waals surface area contributed by atoms with Crippen molar-refractivity contribution in [2.45, 2.75) is 24.9 Å². The fourth-order valence-corrected chi connectivity index (χ4v) is 1.51. The van der Waals surface area contributed by atoms with Gasteiger partial charge >= 0.3 is 5.97 Å². The lowest BCUT2D eigenvalue weighted by Crippen LogP contribution is -2.33. The van der Waals surface area contributed by atoms with Gasteiger partial charge in [-0.1, -0.05) is 0 Å². The number of carbonyl (C=O) groups is 1. The molecule has 0 aromatic carbocycles. The van der Waals surface area contributed by atoms with E-state index in [0.29, 0.717) is 12.0 Å². The monoisotopic (exact) mass is 163 g/mol. The molecule has 1 aliphatic heterocycles. The summed E-state index contributed by atoms with van der Waals surface area (Å²) in [6.07, 6.45) is 2.05. The van der Waals surface area contributed by atoms with Gasteiger partial charge in [0.1, 0.15) is 6.04 Å². The maximum absolute atomic E-state index is 10.3. The number of piperidine rings is 1. The van der Waals surface area contributed by atoms with Gasteiger partial charge in [0.2, 0.25) is 0 Å². The highest BCUT2D eigenvalue weighted by atomic mass is 35.5. The van der Waals surface area contributed by atoms with Crippen molar-refractivity contribution in [3.8, 4) is 0 Å². The van der Waals surface area contributed by atoms with Crippen molar-refractivity contribution in [2.24, 2.45) is 5.92 Å². The number of carboxylic acid groups (broad SMARTS) is 1. The second-order valence-electron chi connectivity index (χ2n) is 2.90. The Bertz CT molecular complexity index is 152. The molecular formula is C6H10ClNO2. The molecule has 1 saturated heterocycles. The van der Waals surface area contributed by atoms with Crippen LogP contribution in [-0.4, -0.2) is 23.2 Å². The van der Waals surface area contributed by atoms with E-state index in [-0.39, 0.29) is 18.4 Å². The molecule has 0 unspecified atom stereocenters. The highest BCUT2D eigenvalue weighted by Gasteiger charge is 2.47. The number of halogens is 1. The Kier molecular flexibility index (Phi) is 1.88. The van der Waals surface area contributed by atoms with E-state index < -0.39 is 5.97 Å². The van der Waals surface area contributed by atoms with Gasteiger partial charge in [-0.2, -0.15) is 0 Å². The summed E-state index contributed by atoms with van der Waals surface area (Å²) in [6.45, 7) is 0. The van der Waals surface area contributed by atoms with Gasteiger partial charge in [-0.15, -0.1) is 12.4 Å². The Morgan fingerprint density at radius 2 is 2.20 bits per heavy atom. The molecule has 2 fully saturated rings. The molecular weight excluding hydrogens is 154 g/mol. The van der Waals surface area contributed by atoms with Gasteiger partial charge in [0.15, 0.2) is 0 Å². The van der Waals surface area contributed by atoms with Gasteiger partial charge in [-0.3, -0.25) is 4.79 Å². The summed E-state index contributed by atoms with van der Waals surface area (Å²) < 4.78 is 0. The van der Waals surface area contributed by atoms with Crippen LogP contribution in [0.4, 0.5) is 0 Å². The minimum absolute atomic E-state index is 0. The first kappa shape index (κ1) is 7.82. The van der Waals surface area contributed by atoms with E-state index in [1.54, 1.807) is 0 Å². The molecule has 10 heavy (non-hydrogen) atoms. The van der Waals surface area contributed by atoms with Crippen LogP contribution in [-0.2, 0) is 4.79 Å². The van der Waals surface area contributed by atoms with E-state index in [9.17, 15) is 4.79 Å². The molecule has 0 aromatic heterocycles. The summed E-state index contributed by atoms with van der Waals surface area (Å²) >= 11 is 0. The standard InChI is InChI=1S/C6H9NO2.ClH/c8-6(9)5-2-3-1-4(3)7-5;/h3-5,7H,1-2H2,(H,8,9);1H/t3-,4-,5+;/m1./s1. The van der Waals surface area contributed by atoms with Crippen LogP contribution in [0.3, 0.4) is 0 Å². The van der Waals surface area contributed by atoms with E-state index in [1.165, 1.54) is 6.42 Å². The van der Waals surface area contributed by atoms with Gasteiger partial charge in [0.25, 0.3) is 0 Å². The second kappa shape index (κ2) is 2.40. The van der Waals surface area contributed by atoms with Crippen LogP contribution in [0.25, 0.3) is 0 Å². The Labute approximate surface area is 65.2 Å². The Balaban J connectivity index is 0.000000500. The van der Waals surface area contributed by atoms with E-state index >= 15 is 0 Å². The van der Waals surface area contributed by atoms with Crippen LogP contribution >= 0.6 is 12.4 Å². The lowest BCUT2D eigenvalue weighted by atomic mass is 10.2. The molecule has 0 radical (unpaired) electrons. The molecule has 2 N–H and O–H groups in total. The highest BCUT2D eigenvalue weighted by molar-refractivity contribution is 5.85. The summed E-state index contributed by atoms with van der Waals surface area (Å²) in [5, 5.41) is 11.5. The first-order valence-electron chi connectivity index (χ1n) is 3.26. The van der Waals surface area contributed by atoms with Crippen molar-refractivity contribution in [1.82, 2.24) is 5.32 Å². The Morgan fingerprint density at radius 1 is 1.50 bits per heavy atom. The third-order valence-electron chi connectivity index (χ3n) is 2.17. The second-order valence-corrected chi connectivity index (χ2v) is 2.90. The third-order valence-corrected chi connectivity index (χ3v) is 2.17. The van der Waals surface area contributed by atoms with Gasteiger partial charge in [0, 0.05) is 6.04 Å². The van der Waals surface area contributed by atoms with Crippen molar-refractivity contribution >= 4 is 18.4 Å². The molecule has 0 aromatic rings. The van der Waals surface area contributed by atoms with E-state index in [1.807, 2.05) is 0 Å². The number of carboxylic acids is 1. The molecule has 3 atom stereocenters. The molecule has 2 aliphatic rings.